The Bertz CT molecular complexity index is 1080. The standard InChI is InChI=1S/C26H37N5O4S2/c27-15-22-17-36-18-31(22)24(32)16-28-25(19-7-3-1-4-8-19)20-11-13-23(14-12-20)37(34,35)30-26(33)29-21-9-5-2-6-10-21/h11-14,19,21-22,25,28H,1-10,16-18H2,(H2,29,30,33)/t22-,25?/m1/s1. The molecule has 1 aliphatic heterocycles. The average molecular weight is 548 g/mol. The smallest absolute Gasteiger partial charge is 0.328 e. The number of thioether (sulfide) groups is 1. The van der Waals surface area contributed by atoms with Crippen LogP contribution in [0.25, 0.3) is 0 Å². The Morgan fingerprint density at radius 3 is 2.32 bits per heavy atom. The predicted molar refractivity (Wildman–Crippen MR) is 143 cm³/mol. The molecule has 1 unspecified atom stereocenters. The zero-order valence-electron chi connectivity index (χ0n) is 21.2. The Balaban J connectivity index is 1.41. The Kier molecular flexibility index (Phi) is 9.73. The molecule has 1 aromatic rings. The molecule has 3 amide bonds. The van der Waals surface area contributed by atoms with Gasteiger partial charge in [-0.1, -0.05) is 50.7 Å². The first-order valence-electron chi connectivity index (χ1n) is 13.3. The van der Waals surface area contributed by atoms with Crippen molar-refractivity contribution in [3.8, 4) is 6.07 Å². The summed E-state index contributed by atoms with van der Waals surface area (Å²) in [7, 11) is -4.00. The molecule has 202 valence electrons. The van der Waals surface area contributed by atoms with Crippen molar-refractivity contribution in [1.29, 1.82) is 5.26 Å². The van der Waals surface area contributed by atoms with Gasteiger partial charge in [-0.05, 0) is 49.3 Å². The quantitative estimate of drug-likeness (QED) is 0.453. The van der Waals surface area contributed by atoms with Gasteiger partial charge in [0.05, 0.1) is 23.4 Å². The lowest BCUT2D eigenvalue weighted by Crippen LogP contribution is -2.45. The number of hydrogen-bond donors (Lipinski definition) is 3. The highest BCUT2D eigenvalue weighted by Crippen LogP contribution is 2.35. The van der Waals surface area contributed by atoms with Crippen LogP contribution in [0.4, 0.5) is 4.79 Å². The number of urea groups is 1. The van der Waals surface area contributed by atoms with E-state index in [1.165, 1.54) is 18.6 Å². The predicted octanol–water partition coefficient (Wildman–Crippen LogP) is 3.64. The van der Waals surface area contributed by atoms with Crippen LogP contribution in [0.1, 0.15) is 75.8 Å². The molecular formula is C26H37N5O4S2. The fraction of sp³-hybridized carbons (Fsp3) is 0.654. The number of amides is 3. The van der Waals surface area contributed by atoms with E-state index in [-0.39, 0.29) is 35.5 Å². The molecule has 9 nitrogen and oxygen atoms in total. The average Bonchev–Trinajstić information content (AvgIpc) is 3.39. The van der Waals surface area contributed by atoms with Crippen LogP contribution in [-0.4, -0.2) is 55.5 Å². The normalized spacial score (nSPS) is 22.2. The Morgan fingerprint density at radius 2 is 1.68 bits per heavy atom. The maximum Gasteiger partial charge on any atom is 0.328 e. The second-order valence-corrected chi connectivity index (χ2v) is 12.9. The number of nitrogens with zero attached hydrogens (tertiary/aromatic N) is 2. The SMILES string of the molecule is N#C[C@@H]1CSCN1C(=O)CNC(c1ccc(S(=O)(=O)NC(=O)NC2CCCCC2)cc1)C1CCCCC1. The highest BCUT2D eigenvalue weighted by Gasteiger charge is 2.31. The van der Waals surface area contributed by atoms with Crippen molar-refractivity contribution in [2.45, 2.75) is 87.2 Å². The molecule has 2 atom stereocenters. The molecule has 1 heterocycles. The third-order valence-corrected chi connectivity index (χ3v) is 10.0. The summed E-state index contributed by atoms with van der Waals surface area (Å²) in [5.74, 6) is 1.41. The van der Waals surface area contributed by atoms with Crippen LogP contribution in [0.3, 0.4) is 0 Å². The number of hydrogen-bond acceptors (Lipinski definition) is 7. The minimum Gasteiger partial charge on any atom is -0.335 e. The molecule has 1 aromatic carbocycles. The zero-order chi connectivity index (χ0) is 26.3. The van der Waals surface area contributed by atoms with Crippen molar-refractivity contribution in [3.63, 3.8) is 0 Å². The van der Waals surface area contributed by atoms with Crippen LogP contribution < -0.4 is 15.4 Å². The van der Waals surface area contributed by atoms with E-state index in [0.29, 0.717) is 17.5 Å². The zero-order valence-corrected chi connectivity index (χ0v) is 22.8. The van der Waals surface area contributed by atoms with Crippen molar-refractivity contribution in [2.75, 3.05) is 18.2 Å². The molecule has 4 rings (SSSR count). The van der Waals surface area contributed by atoms with Crippen LogP contribution in [0.5, 0.6) is 0 Å². The van der Waals surface area contributed by atoms with E-state index in [9.17, 15) is 23.3 Å². The summed E-state index contributed by atoms with van der Waals surface area (Å²) in [6.07, 6.45) is 10.5. The summed E-state index contributed by atoms with van der Waals surface area (Å²) in [6, 6.07) is 7.62. The van der Waals surface area contributed by atoms with E-state index in [1.54, 1.807) is 28.8 Å². The first-order valence-corrected chi connectivity index (χ1v) is 15.9. The lowest BCUT2D eigenvalue weighted by molar-refractivity contribution is -0.130. The van der Waals surface area contributed by atoms with Crippen molar-refractivity contribution >= 4 is 33.7 Å². The highest BCUT2D eigenvalue weighted by molar-refractivity contribution is 7.99. The van der Waals surface area contributed by atoms with Crippen LogP contribution in [-0.2, 0) is 14.8 Å². The molecule has 0 aromatic heterocycles. The third-order valence-electron chi connectivity index (χ3n) is 7.66. The summed E-state index contributed by atoms with van der Waals surface area (Å²) in [4.78, 5) is 26.8. The van der Waals surface area contributed by atoms with Gasteiger partial charge in [-0.15, -0.1) is 11.8 Å². The van der Waals surface area contributed by atoms with Gasteiger partial charge in [-0.25, -0.2) is 17.9 Å². The number of sulfonamides is 1. The van der Waals surface area contributed by atoms with Gasteiger partial charge in [0, 0.05) is 17.8 Å². The third kappa shape index (κ3) is 7.39. The van der Waals surface area contributed by atoms with E-state index in [4.69, 9.17) is 0 Å². The summed E-state index contributed by atoms with van der Waals surface area (Å²) in [5.41, 5.74) is 0.915. The molecular weight excluding hydrogens is 510 g/mol. The monoisotopic (exact) mass is 547 g/mol. The molecule has 2 aliphatic carbocycles. The number of nitrogens with one attached hydrogen (secondary N) is 3. The van der Waals surface area contributed by atoms with Gasteiger partial charge < -0.3 is 15.5 Å². The number of carbonyl (C=O) groups excluding carboxylic acids is 2. The molecule has 1 saturated heterocycles. The van der Waals surface area contributed by atoms with Crippen LogP contribution in [0.2, 0.25) is 0 Å². The second-order valence-electron chi connectivity index (χ2n) is 10.2. The minimum absolute atomic E-state index is 0.0129. The summed E-state index contributed by atoms with van der Waals surface area (Å²) >= 11 is 1.58. The molecule has 37 heavy (non-hydrogen) atoms. The fourth-order valence-corrected chi connectivity index (χ4v) is 7.63. The summed E-state index contributed by atoms with van der Waals surface area (Å²) < 4.78 is 27.8. The molecule has 0 radical (unpaired) electrons. The first kappa shape index (κ1) is 27.7. The number of carbonyl (C=O) groups is 2. The largest absolute Gasteiger partial charge is 0.335 e. The van der Waals surface area contributed by atoms with Gasteiger partial charge in [-0.3, -0.25) is 4.79 Å². The number of benzene rings is 1. The van der Waals surface area contributed by atoms with Gasteiger partial charge in [0.1, 0.15) is 6.04 Å². The molecule has 0 bridgehead atoms. The Hall–Kier alpha value is -2.29. The van der Waals surface area contributed by atoms with Crippen LogP contribution in [0.15, 0.2) is 29.2 Å². The molecule has 3 fully saturated rings. The first-order chi connectivity index (χ1) is 17.9. The molecule has 0 spiro atoms. The summed E-state index contributed by atoms with van der Waals surface area (Å²) in [6.45, 7) is 0.128. The fourth-order valence-electron chi connectivity index (χ4n) is 5.62. The summed E-state index contributed by atoms with van der Waals surface area (Å²) in [5, 5.41) is 15.5. The van der Waals surface area contributed by atoms with E-state index >= 15 is 0 Å². The van der Waals surface area contributed by atoms with Crippen molar-refractivity contribution in [3.05, 3.63) is 29.8 Å². The van der Waals surface area contributed by atoms with Crippen LogP contribution in [0, 0.1) is 17.2 Å². The van der Waals surface area contributed by atoms with Gasteiger partial charge in [-0.2, -0.15) is 5.26 Å². The Morgan fingerprint density at radius 1 is 1.03 bits per heavy atom. The van der Waals surface area contributed by atoms with E-state index in [1.807, 2.05) is 0 Å². The topological polar surface area (TPSA) is 131 Å². The van der Waals surface area contributed by atoms with Gasteiger partial charge in [0.25, 0.3) is 10.0 Å². The number of nitriles is 1. The molecule has 11 heteroatoms. The van der Waals surface area contributed by atoms with Gasteiger partial charge in [0.15, 0.2) is 0 Å². The molecule has 3 aliphatic rings. The minimum atomic E-state index is -4.00. The lowest BCUT2D eigenvalue weighted by atomic mass is 9.81. The van der Waals surface area contributed by atoms with Crippen molar-refractivity contribution in [2.24, 2.45) is 5.92 Å². The lowest BCUT2D eigenvalue weighted by Gasteiger charge is -2.32. The van der Waals surface area contributed by atoms with Gasteiger partial charge >= 0.3 is 6.03 Å². The maximum absolute atomic E-state index is 12.8. The highest BCUT2D eigenvalue weighted by atomic mass is 32.2. The van der Waals surface area contributed by atoms with Gasteiger partial charge in [0.2, 0.25) is 5.91 Å². The maximum atomic E-state index is 12.8. The van der Waals surface area contributed by atoms with Crippen molar-refractivity contribution in [1.82, 2.24) is 20.3 Å². The molecule has 2 saturated carbocycles. The van der Waals surface area contributed by atoms with Crippen molar-refractivity contribution < 1.29 is 18.0 Å². The number of rotatable bonds is 8. The Labute approximate surface area is 224 Å². The molecule has 3 N–H and O–H groups in total. The van der Waals surface area contributed by atoms with E-state index in [0.717, 1.165) is 63.4 Å². The van der Waals surface area contributed by atoms with Crippen LogP contribution >= 0.6 is 11.8 Å². The van der Waals surface area contributed by atoms with E-state index in [2.05, 4.69) is 21.4 Å². The second kappa shape index (κ2) is 13.0. The van der Waals surface area contributed by atoms with E-state index < -0.39 is 16.1 Å².